The van der Waals surface area contributed by atoms with Crippen LogP contribution in [0.25, 0.3) is 0 Å². The third-order valence-corrected chi connectivity index (χ3v) is 4.95. The van der Waals surface area contributed by atoms with E-state index in [9.17, 15) is 9.59 Å². The van der Waals surface area contributed by atoms with E-state index in [0.29, 0.717) is 38.2 Å². The maximum atomic E-state index is 12.9. The Hall–Kier alpha value is -2.66. The van der Waals surface area contributed by atoms with Crippen LogP contribution in [0.15, 0.2) is 54.6 Å². The van der Waals surface area contributed by atoms with Gasteiger partial charge in [0.25, 0.3) is 5.91 Å². The van der Waals surface area contributed by atoms with Crippen LogP contribution in [0.4, 0.5) is 0 Å². The van der Waals surface area contributed by atoms with Crippen molar-refractivity contribution in [2.45, 2.75) is 25.8 Å². The highest BCUT2D eigenvalue weighted by atomic mass is 16.2. The van der Waals surface area contributed by atoms with Crippen LogP contribution < -0.4 is 5.73 Å². The summed E-state index contributed by atoms with van der Waals surface area (Å²) >= 11 is 0. The lowest BCUT2D eigenvalue weighted by molar-refractivity contribution is -0.128. The fourth-order valence-electron chi connectivity index (χ4n) is 3.41. The number of rotatable bonds is 8. The van der Waals surface area contributed by atoms with Gasteiger partial charge in [0, 0.05) is 44.7 Å². The predicted molar refractivity (Wildman–Crippen MR) is 106 cm³/mol. The molecule has 0 atom stereocenters. The number of benzene rings is 2. The van der Waals surface area contributed by atoms with Gasteiger partial charge in [-0.3, -0.25) is 9.59 Å². The van der Waals surface area contributed by atoms with Gasteiger partial charge in [-0.15, -0.1) is 0 Å². The Bertz CT molecular complexity index is 759. The number of likely N-dealkylation sites (tertiary alicyclic amines) is 1. The van der Waals surface area contributed by atoms with E-state index in [-0.39, 0.29) is 11.8 Å². The molecule has 0 aliphatic carbocycles. The summed E-state index contributed by atoms with van der Waals surface area (Å²) < 4.78 is 0. The minimum absolute atomic E-state index is 0.000167. The van der Waals surface area contributed by atoms with Crippen LogP contribution in [-0.2, 0) is 17.8 Å². The summed E-state index contributed by atoms with van der Waals surface area (Å²) in [5.74, 6) is 0.213. The minimum Gasteiger partial charge on any atom is -0.338 e. The number of carbonyl (C=O) groups excluding carboxylic acids is 2. The molecule has 1 fully saturated rings. The summed E-state index contributed by atoms with van der Waals surface area (Å²) in [4.78, 5) is 28.3. The maximum Gasteiger partial charge on any atom is 0.253 e. The number of hydrogen-bond acceptors (Lipinski definition) is 3. The molecule has 1 aliphatic rings. The Morgan fingerprint density at radius 1 is 1.00 bits per heavy atom. The molecule has 5 heteroatoms. The highest BCUT2D eigenvalue weighted by molar-refractivity contribution is 5.94. The van der Waals surface area contributed by atoms with E-state index in [2.05, 4.69) is 12.1 Å². The monoisotopic (exact) mass is 365 g/mol. The second-order valence-corrected chi connectivity index (χ2v) is 6.93. The van der Waals surface area contributed by atoms with Crippen molar-refractivity contribution in [2.24, 2.45) is 5.73 Å². The molecular weight excluding hydrogens is 338 g/mol. The highest BCUT2D eigenvalue weighted by Gasteiger charge is 2.20. The van der Waals surface area contributed by atoms with E-state index in [4.69, 9.17) is 5.73 Å². The average molecular weight is 365 g/mol. The van der Waals surface area contributed by atoms with Crippen LogP contribution in [0, 0.1) is 0 Å². The van der Waals surface area contributed by atoms with Gasteiger partial charge in [0.1, 0.15) is 0 Å². The summed E-state index contributed by atoms with van der Waals surface area (Å²) in [6.45, 7) is 3.06. The van der Waals surface area contributed by atoms with Crippen molar-refractivity contribution in [3.63, 3.8) is 0 Å². The smallest absolute Gasteiger partial charge is 0.253 e. The molecule has 5 nitrogen and oxygen atoms in total. The van der Waals surface area contributed by atoms with Gasteiger partial charge in [0.05, 0.1) is 0 Å². The lowest BCUT2D eigenvalue weighted by atomic mass is 10.1. The topological polar surface area (TPSA) is 66.6 Å². The van der Waals surface area contributed by atoms with Gasteiger partial charge in [-0.2, -0.15) is 0 Å². The second-order valence-electron chi connectivity index (χ2n) is 6.93. The highest BCUT2D eigenvalue weighted by Crippen LogP contribution is 2.15. The van der Waals surface area contributed by atoms with Gasteiger partial charge in [0.15, 0.2) is 0 Å². The zero-order valence-corrected chi connectivity index (χ0v) is 15.6. The van der Waals surface area contributed by atoms with Crippen molar-refractivity contribution < 1.29 is 9.59 Å². The number of nitrogens with zero attached hydrogens (tertiary/aromatic N) is 2. The fourth-order valence-corrected chi connectivity index (χ4v) is 3.41. The molecular formula is C22H27N3O2. The third kappa shape index (κ3) is 5.17. The molecule has 1 heterocycles. The third-order valence-electron chi connectivity index (χ3n) is 4.95. The molecule has 142 valence electrons. The van der Waals surface area contributed by atoms with Crippen molar-refractivity contribution in [3.05, 3.63) is 71.3 Å². The summed E-state index contributed by atoms with van der Waals surface area (Å²) in [7, 11) is 0. The van der Waals surface area contributed by atoms with Crippen molar-refractivity contribution in [3.8, 4) is 0 Å². The van der Waals surface area contributed by atoms with Crippen LogP contribution in [0.1, 0.15) is 34.3 Å². The number of nitrogens with two attached hydrogens (primary N) is 1. The molecule has 0 spiro atoms. The molecule has 0 unspecified atom stereocenters. The Morgan fingerprint density at radius 2 is 1.74 bits per heavy atom. The van der Waals surface area contributed by atoms with Gasteiger partial charge in [0.2, 0.25) is 5.91 Å². The number of hydrogen-bond donors (Lipinski definition) is 1. The number of amides is 2. The first-order chi connectivity index (χ1) is 13.2. The Labute approximate surface area is 160 Å². The van der Waals surface area contributed by atoms with Crippen LogP contribution in [0.3, 0.4) is 0 Å². The average Bonchev–Trinajstić information content (AvgIpc) is 3.10. The molecule has 2 aromatic rings. The van der Waals surface area contributed by atoms with Crippen molar-refractivity contribution in [1.29, 1.82) is 0 Å². The summed E-state index contributed by atoms with van der Waals surface area (Å²) in [5.41, 5.74) is 8.63. The summed E-state index contributed by atoms with van der Waals surface area (Å²) in [5, 5.41) is 0. The zero-order chi connectivity index (χ0) is 19.1. The van der Waals surface area contributed by atoms with Crippen LogP contribution in [0.2, 0.25) is 0 Å². The van der Waals surface area contributed by atoms with E-state index < -0.39 is 0 Å². The van der Waals surface area contributed by atoms with Gasteiger partial charge in [-0.25, -0.2) is 0 Å². The molecule has 3 rings (SSSR count). The van der Waals surface area contributed by atoms with E-state index in [1.54, 1.807) is 0 Å². The molecule has 27 heavy (non-hydrogen) atoms. The first-order valence-corrected chi connectivity index (χ1v) is 9.57. The maximum absolute atomic E-state index is 12.9. The first-order valence-electron chi connectivity index (χ1n) is 9.57. The van der Waals surface area contributed by atoms with Gasteiger partial charge in [-0.05, 0) is 36.1 Å². The van der Waals surface area contributed by atoms with E-state index in [1.807, 2.05) is 52.3 Å². The van der Waals surface area contributed by atoms with Crippen molar-refractivity contribution in [2.75, 3.05) is 26.2 Å². The largest absolute Gasteiger partial charge is 0.338 e. The van der Waals surface area contributed by atoms with E-state index in [0.717, 1.165) is 24.9 Å². The normalized spacial score (nSPS) is 13.8. The number of carbonyl (C=O) groups is 2. The van der Waals surface area contributed by atoms with Gasteiger partial charge in [-0.1, -0.05) is 42.5 Å². The molecule has 1 saturated heterocycles. The molecule has 2 N–H and O–H groups in total. The lowest BCUT2D eigenvalue weighted by Gasteiger charge is -2.22. The Balaban J connectivity index is 1.61. The van der Waals surface area contributed by atoms with Gasteiger partial charge >= 0.3 is 0 Å². The molecule has 0 aromatic heterocycles. The quantitative estimate of drug-likeness (QED) is 0.781. The van der Waals surface area contributed by atoms with Crippen molar-refractivity contribution in [1.82, 2.24) is 9.80 Å². The fraction of sp³-hybridized carbons (Fsp3) is 0.364. The van der Waals surface area contributed by atoms with E-state index in [1.165, 1.54) is 5.56 Å². The second kappa shape index (κ2) is 9.33. The summed E-state index contributed by atoms with van der Waals surface area (Å²) in [6.07, 6.45) is 2.39. The molecule has 2 aromatic carbocycles. The van der Waals surface area contributed by atoms with E-state index >= 15 is 0 Å². The van der Waals surface area contributed by atoms with Crippen LogP contribution >= 0.6 is 0 Å². The van der Waals surface area contributed by atoms with Crippen LogP contribution in [0.5, 0.6) is 0 Å². The first kappa shape index (κ1) is 19.1. The molecule has 0 saturated carbocycles. The van der Waals surface area contributed by atoms with Crippen molar-refractivity contribution >= 4 is 11.8 Å². The SMILES string of the molecule is NCCN(CCc1ccccc1)C(=O)c1ccc(CN2CCCC2=O)cc1. The standard InChI is InChI=1S/C22H27N3O2/c23-13-16-24(15-12-18-5-2-1-3-6-18)22(27)20-10-8-19(9-11-20)17-25-14-4-7-21(25)26/h1-3,5-6,8-11H,4,7,12-17,23H2. The molecule has 2 amide bonds. The van der Waals surface area contributed by atoms with Crippen LogP contribution in [-0.4, -0.2) is 47.8 Å². The predicted octanol–water partition coefficient (Wildman–Crippen LogP) is 2.45. The molecule has 0 radical (unpaired) electrons. The molecule has 1 aliphatic heterocycles. The Kier molecular flexibility index (Phi) is 6.60. The molecule has 0 bridgehead atoms. The summed E-state index contributed by atoms with van der Waals surface area (Å²) in [6, 6.07) is 17.7. The minimum atomic E-state index is 0.000167. The van der Waals surface area contributed by atoms with Gasteiger partial charge < -0.3 is 15.5 Å². The lowest BCUT2D eigenvalue weighted by Crippen LogP contribution is -2.37. The zero-order valence-electron chi connectivity index (χ0n) is 15.6. The Morgan fingerprint density at radius 3 is 2.37 bits per heavy atom.